The second-order valence-corrected chi connectivity index (χ2v) is 9.51. The van der Waals surface area contributed by atoms with Crippen LogP contribution in [0, 0.1) is 0 Å². The first kappa shape index (κ1) is 10.1. The molecule has 0 radical (unpaired) electrons. The summed E-state index contributed by atoms with van der Waals surface area (Å²) in [6.45, 7) is 0. The lowest BCUT2D eigenvalue weighted by atomic mass is 9.85. The van der Waals surface area contributed by atoms with Crippen molar-refractivity contribution < 1.29 is 42.8 Å². The molecule has 0 saturated heterocycles. The average molecular weight is 601 g/mol. The summed E-state index contributed by atoms with van der Waals surface area (Å²) in [5.74, 6) is 0. The lowest BCUT2D eigenvalue weighted by Gasteiger charge is -2.18. The van der Waals surface area contributed by atoms with Crippen molar-refractivity contribution in [1.29, 1.82) is 0 Å². The lowest BCUT2D eigenvalue weighted by molar-refractivity contribution is 0.669. The molecule has 8 aromatic carbocycles. The number of para-hydroxylation sites is 1. The summed E-state index contributed by atoms with van der Waals surface area (Å²) < 4.78 is 254. The van der Waals surface area contributed by atoms with E-state index in [1.54, 1.807) is 0 Å². The zero-order valence-electron chi connectivity index (χ0n) is 50.4. The van der Waals surface area contributed by atoms with E-state index in [9.17, 15) is 13.7 Å². The predicted octanol–water partition coefficient (Wildman–Crippen LogP) is 12.6. The van der Waals surface area contributed by atoms with Gasteiger partial charge in [0.15, 0.2) is 0 Å². The van der Waals surface area contributed by atoms with E-state index in [1.807, 2.05) is 0 Å². The summed E-state index contributed by atoms with van der Waals surface area (Å²) in [6, 6.07) is -26.3. The summed E-state index contributed by atoms with van der Waals surface area (Å²) in [4.78, 5) is 0. The number of benzene rings is 8. The second-order valence-electron chi connectivity index (χ2n) is 9.51. The Morgan fingerprint density at radius 3 is 1.22 bits per heavy atom. The summed E-state index contributed by atoms with van der Waals surface area (Å²) in [5, 5.41) is -3.84. The van der Waals surface area contributed by atoms with Gasteiger partial charge in [0.2, 0.25) is 0 Å². The molecule has 1 nitrogen and oxygen atoms in total. The van der Waals surface area contributed by atoms with E-state index in [2.05, 4.69) is 0 Å². The molecule has 0 spiro atoms. The van der Waals surface area contributed by atoms with Crippen molar-refractivity contribution in [2.45, 2.75) is 0 Å². The molecule has 0 N–H and O–H groups in total. The van der Waals surface area contributed by atoms with Crippen molar-refractivity contribution in [2.75, 3.05) is 0 Å². The van der Waals surface area contributed by atoms with Crippen LogP contribution in [-0.2, 0) is 0 Å². The highest BCUT2D eigenvalue weighted by Crippen LogP contribution is 2.45. The maximum atomic E-state index is 9.61. The monoisotopic (exact) mass is 600 g/mol. The molecule has 0 atom stereocenters. The normalized spacial score (nSPS) is 20.3. The third-order valence-corrected chi connectivity index (χ3v) is 7.01. The molecule has 0 unspecified atom stereocenters. The standard InChI is InChI=1S/C44H28O/c1-2-10-29(11-3-1)30-18-20-31(21-19-30)32-22-24-33(25-23-32)43-36-13-4-6-15-38(36)44(39-16-7-5-14-37(39)43)34-26-27-42-40(28-34)35-12-8-9-17-41(35)45-42/h1-28H/i1D,2D,3D,4D,5D,6D,7D,8D,9D,10D,11D,12D,13D,14D,15D,16D,17D,18D,19D,20D,21D,22D,23D,24D,25D,26D,27D,28D. The first-order chi connectivity index (χ1) is 34.0. The summed E-state index contributed by atoms with van der Waals surface area (Å²) in [6.07, 6.45) is 0. The number of hydrogen-bond donors (Lipinski definition) is 0. The molecule has 9 aromatic rings. The van der Waals surface area contributed by atoms with Gasteiger partial charge in [-0.15, -0.1) is 0 Å². The molecule has 0 aliphatic carbocycles. The minimum Gasteiger partial charge on any atom is -0.456 e. The zero-order chi connectivity index (χ0) is 54.1. The summed E-state index contributed by atoms with van der Waals surface area (Å²) in [5.41, 5.74) is -7.35. The maximum absolute atomic E-state index is 9.61. The molecule has 210 valence electrons. The van der Waals surface area contributed by atoms with Crippen LogP contribution in [0.4, 0.5) is 0 Å². The minimum absolute atomic E-state index is 0.427. The van der Waals surface area contributed by atoms with Crippen LogP contribution in [0.3, 0.4) is 0 Å². The van der Waals surface area contributed by atoms with E-state index in [1.165, 1.54) is 0 Å². The SMILES string of the molecule is [2H]c1c([2H])c([2H])c(-c2c([2H])c([2H])c(-c3c([2H])c([2H])c(-c4c5c([2H])c([2H])c([2H])c([2H])c5c(-c5c([2H])c([2H])c6oc7c([2H])c([2H])c([2H])c([2H])c7c6c5[2H])c5c([2H])c([2H])c([2H])c([2H])c45)c([2H])c3[2H])c([2H])c2[2H])c([2H])c1[2H]. The summed E-state index contributed by atoms with van der Waals surface area (Å²) >= 11 is 0. The number of furan rings is 1. The number of rotatable bonds is 4. The highest BCUT2D eigenvalue weighted by Gasteiger charge is 2.18. The van der Waals surface area contributed by atoms with Crippen LogP contribution in [0.25, 0.3) is 88.0 Å². The van der Waals surface area contributed by atoms with Gasteiger partial charge < -0.3 is 4.42 Å². The van der Waals surface area contributed by atoms with Crippen LogP contribution in [0.2, 0.25) is 0 Å². The Kier molecular flexibility index (Phi) is 2.32. The van der Waals surface area contributed by atoms with Crippen LogP contribution < -0.4 is 0 Å². The third-order valence-electron chi connectivity index (χ3n) is 7.01. The van der Waals surface area contributed by atoms with E-state index < -0.39 is 257 Å². The third kappa shape index (κ3) is 4.24. The van der Waals surface area contributed by atoms with E-state index >= 15 is 0 Å². The van der Waals surface area contributed by atoms with Gasteiger partial charge in [0.05, 0.1) is 38.4 Å². The molecule has 0 aliphatic rings. The van der Waals surface area contributed by atoms with Gasteiger partial charge in [-0.25, -0.2) is 0 Å². The van der Waals surface area contributed by atoms with E-state index in [-0.39, 0.29) is 0 Å². The van der Waals surface area contributed by atoms with E-state index in [0.29, 0.717) is 0 Å². The van der Waals surface area contributed by atoms with Gasteiger partial charge in [0, 0.05) is 10.8 Å². The number of hydrogen-bond acceptors (Lipinski definition) is 1. The molecule has 0 aliphatic heterocycles. The van der Waals surface area contributed by atoms with Crippen molar-refractivity contribution in [2.24, 2.45) is 0 Å². The molecular weight excluding hydrogens is 544 g/mol. The fourth-order valence-electron chi connectivity index (χ4n) is 5.05. The fourth-order valence-corrected chi connectivity index (χ4v) is 5.05. The Balaban J connectivity index is 1.48. The average Bonchev–Trinajstić information content (AvgIpc) is 3.77. The molecule has 1 heterocycles. The molecule has 0 fully saturated rings. The smallest absolute Gasteiger partial charge is 0.135 e. The highest BCUT2D eigenvalue weighted by atomic mass is 16.3. The Morgan fingerprint density at radius 2 is 0.667 bits per heavy atom. The first-order valence-corrected chi connectivity index (χ1v) is 13.2. The van der Waals surface area contributed by atoms with Crippen LogP contribution in [0.15, 0.2) is 174 Å². The van der Waals surface area contributed by atoms with Crippen molar-refractivity contribution in [1.82, 2.24) is 0 Å². The summed E-state index contributed by atoms with van der Waals surface area (Å²) in [7, 11) is 0. The Bertz CT molecular complexity index is 3950. The molecule has 1 aromatic heterocycles. The Labute approximate surface area is 301 Å². The molecular formula is C44H28O. The molecule has 9 rings (SSSR count). The van der Waals surface area contributed by atoms with Gasteiger partial charge in [-0.05, 0) is 84.2 Å². The van der Waals surface area contributed by atoms with Crippen molar-refractivity contribution in [3.63, 3.8) is 0 Å². The molecule has 0 saturated carbocycles. The maximum Gasteiger partial charge on any atom is 0.135 e. The molecule has 1 heteroatoms. The van der Waals surface area contributed by atoms with Gasteiger partial charge in [-0.2, -0.15) is 0 Å². The van der Waals surface area contributed by atoms with Crippen LogP contribution in [-0.4, -0.2) is 0 Å². The quantitative estimate of drug-likeness (QED) is 0.183. The molecule has 0 bridgehead atoms. The van der Waals surface area contributed by atoms with Crippen LogP contribution >= 0.6 is 0 Å². The van der Waals surface area contributed by atoms with Crippen molar-refractivity contribution >= 4 is 43.5 Å². The lowest BCUT2D eigenvalue weighted by Crippen LogP contribution is -1.91. The van der Waals surface area contributed by atoms with Gasteiger partial charge in [-0.3, -0.25) is 0 Å². The van der Waals surface area contributed by atoms with Crippen LogP contribution in [0.1, 0.15) is 38.4 Å². The van der Waals surface area contributed by atoms with Crippen molar-refractivity contribution in [3.05, 3.63) is 169 Å². The zero-order valence-corrected chi connectivity index (χ0v) is 22.4. The molecule has 0 amide bonds. The van der Waals surface area contributed by atoms with E-state index in [4.69, 9.17) is 29.1 Å². The predicted molar refractivity (Wildman–Crippen MR) is 190 cm³/mol. The Morgan fingerprint density at radius 1 is 0.289 bits per heavy atom. The molecule has 45 heavy (non-hydrogen) atoms. The van der Waals surface area contributed by atoms with Gasteiger partial charge >= 0.3 is 0 Å². The largest absolute Gasteiger partial charge is 0.456 e. The minimum atomic E-state index is -1.12. The first-order valence-electron chi connectivity index (χ1n) is 27.2. The fraction of sp³-hybridized carbons (Fsp3) is 0. The van der Waals surface area contributed by atoms with Gasteiger partial charge in [-0.1, -0.05) is 151 Å². The van der Waals surface area contributed by atoms with Gasteiger partial charge in [0.25, 0.3) is 0 Å². The number of fused-ring (bicyclic) bond motifs is 5. The Hall–Kier alpha value is -5.92. The van der Waals surface area contributed by atoms with Crippen LogP contribution in [0.5, 0.6) is 0 Å². The van der Waals surface area contributed by atoms with Gasteiger partial charge in [0.1, 0.15) is 11.2 Å². The topological polar surface area (TPSA) is 13.1 Å². The van der Waals surface area contributed by atoms with E-state index in [0.717, 1.165) is 0 Å². The highest BCUT2D eigenvalue weighted by molar-refractivity contribution is 6.22. The second kappa shape index (κ2) is 10.4. The van der Waals surface area contributed by atoms with Crippen molar-refractivity contribution in [3.8, 4) is 44.5 Å².